The Hall–Kier alpha value is -3.77. The van der Waals surface area contributed by atoms with E-state index in [0.29, 0.717) is 0 Å². The summed E-state index contributed by atoms with van der Waals surface area (Å²) in [5, 5.41) is 16.4. The van der Waals surface area contributed by atoms with Crippen LogP contribution in [0.25, 0.3) is 0 Å². The molecule has 1 aliphatic heterocycles. The van der Waals surface area contributed by atoms with E-state index in [2.05, 4.69) is 20.4 Å². The number of carbonyl (C=O) groups excluding carboxylic acids is 2. The van der Waals surface area contributed by atoms with Gasteiger partial charge in [-0.1, -0.05) is 5.16 Å². The molecule has 2 atom stereocenters. The van der Waals surface area contributed by atoms with Crippen LogP contribution in [0.5, 0.6) is 0 Å². The lowest BCUT2D eigenvalue weighted by molar-refractivity contribution is -0.161. The highest BCUT2D eigenvalue weighted by Crippen LogP contribution is 2.25. The number of carboxylic acid groups (broad SMARTS) is 1. The third-order valence-corrected chi connectivity index (χ3v) is 6.29. The Morgan fingerprint density at radius 2 is 2.09 bits per heavy atom. The SMILES string of the molecule is CC(C)(O/N=C(\C(=O)N[C@@H]1C(=O)N(S(=O)(=O)O)[C@@H]1Cn1cc[nH]c1=O)c1csc(N)n1)C(=O)O. The van der Waals surface area contributed by atoms with E-state index in [1.165, 1.54) is 31.6 Å². The molecule has 0 bridgehead atoms. The molecule has 0 unspecified atom stereocenters. The third-order valence-electron chi connectivity index (χ3n) is 4.67. The number of carboxylic acids is 1. The van der Waals surface area contributed by atoms with Crippen LogP contribution in [0.15, 0.2) is 27.7 Å². The van der Waals surface area contributed by atoms with Gasteiger partial charge in [0.15, 0.2) is 10.8 Å². The second kappa shape index (κ2) is 8.88. The maximum absolute atomic E-state index is 13.0. The summed E-state index contributed by atoms with van der Waals surface area (Å²) in [5.41, 5.74) is 2.48. The molecule has 0 spiro atoms. The van der Waals surface area contributed by atoms with Gasteiger partial charge >= 0.3 is 22.0 Å². The molecule has 0 saturated carbocycles. The summed E-state index contributed by atoms with van der Waals surface area (Å²) in [6, 6.07) is -2.86. The highest BCUT2D eigenvalue weighted by molar-refractivity contribution is 7.84. The van der Waals surface area contributed by atoms with Gasteiger partial charge in [0.2, 0.25) is 5.60 Å². The van der Waals surface area contributed by atoms with Crippen LogP contribution in [-0.4, -0.2) is 78.1 Å². The molecule has 1 aliphatic rings. The number of aromatic nitrogens is 3. The standard InChI is InChI=1S/C16H19N7O9S2/c1-16(2,13(26)27)32-21-9(7-6-33-14(17)19-7)11(24)20-10-8(5-22-4-3-18-15(22)28)23(12(10)25)34(29,30)31/h3-4,6,8,10H,5H2,1-2H3,(H2,17,19)(H,18,28)(H,20,24)(H,26,27)(H,29,30,31)/b21-9-/t8-,10+/m1/s1. The Balaban J connectivity index is 1.90. The van der Waals surface area contributed by atoms with Crippen LogP contribution in [0.2, 0.25) is 0 Å². The van der Waals surface area contributed by atoms with E-state index in [9.17, 15) is 37.3 Å². The molecule has 2 aromatic rings. The molecule has 0 aromatic carbocycles. The van der Waals surface area contributed by atoms with Crippen molar-refractivity contribution in [3.63, 3.8) is 0 Å². The zero-order chi connectivity index (χ0) is 25.4. The normalized spacial score (nSPS) is 19.0. The number of amides is 2. The van der Waals surface area contributed by atoms with Crippen molar-refractivity contribution < 1.29 is 37.3 Å². The first kappa shape index (κ1) is 24.9. The van der Waals surface area contributed by atoms with E-state index in [1.54, 1.807) is 0 Å². The smallest absolute Gasteiger partial charge is 0.362 e. The van der Waals surface area contributed by atoms with Crippen LogP contribution in [0.3, 0.4) is 0 Å². The summed E-state index contributed by atoms with van der Waals surface area (Å²) in [6.07, 6.45) is 2.55. The fourth-order valence-electron chi connectivity index (χ4n) is 2.84. The van der Waals surface area contributed by atoms with Crippen molar-refractivity contribution in [3.8, 4) is 0 Å². The summed E-state index contributed by atoms with van der Waals surface area (Å²) >= 11 is 0.943. The van der Waals surface area contributed by atoms with Crippen LogP contribution in [0, 0.1) is 0 Å². The van der Waals surface area contributed by atoms with Crippen molar-refractivity contribution in [1.82, 2.24) is 24.2 Å². The van der Waals surface area contributed by atoms with Gasteiger partial charge in [0, 0.05) is 17.8 Å². The molecular weight excluding hydrogens is 498 g/mol. The topological polar surface area (TPSA) is 239 Å². The molecule has 18 heteroatoms. The van der Waals surface area contributed by atoms with E-state index in [1.807, 2.05) is 0 Å². The van der Waals surface area contributed by atoms with Gasteiger partial charge in [-0.05, 0) is 13.8 Å². The van der Waals surface area contributed by atoms with E-state index < -0.39 is 63.7 Å². The van der Waals surface area contributed by atoms with E-state index in [0.717, 1.165) is 15.9 Å². The lowest BCUT2D eigenvalue weighted by atomic mass is 9.98. The number of aromatic amines is 1. The Morgan fingerprint density at radius 3 is 2.59 bits per heavy atom. The molecule has 0 radical (unpaired) electrons. The number of nitrogens with two attached hydrogens (primary N) is 1. The van der Waals surface area contributed by atoms with Crippen molar-refractivity contribution in [2.45, 2.75) is 38.1 Å². The molecule has 3 rings (SSSR count). The Bertz CT molecular complexity index is 1320. The van der Waals surface area contributed by atoms with Crippen LogP contribution < -0.4 is 16.7 Å². The van der Waals surface area contributed by atoms with Gasteiger partial charge in [0.25, 0.3) is 11.8 Å². The minimum absolute atomic E-state index is 0.0509. The number of nitrogens with one attached hydrogen (secondary N) is 2. The summed E-state index contributed by atoms with van der Waals surface area (Å²) in [7, 11) is -5.00. The van der Waals surface area contributed by atoms with Crippen molar-refractivity contribution >= 4 is 50.3 Å². The molecule has 184 valence electrons. The number of hydrogen-bond acceptors (Lipinski definition) is 11. The fourth-order valence-corrected chi connectivity index (χ4v) is 4.26. The lowest BCUT2D eigenvalue weighted by Crippen LogP contribution is -2.73. The quantitative estimate of drug-likeness (QED) is 0.105. The molecule has 1 fully saturated rings. The Labute approximate surface area is 194 Å². The molecule has 3 heterocycles. The van der Waals surface area contributed by atoms with Gasteiger partial charge < -0.3 is 26.0 Å². The summed E-state index contributed by atoms with van der Waals surface area (Å²) < 4.78 is 33.8. The predicted octanol–water partition coefficient (Wildman–Crippen LogP) is -2.00. The van der Waals surface area contributed by atoms with Gasteiger partial charge in [-0.2, -0.15) is 8.42 Å². The molecule has 16 nitrogen and oxygen atoms in total. The van der Waals surface area contributed by atoms with Crippen molar-refractivity contribution in [3.05, 3.63) is 34.0 Å². The number of β-lactam (4-membered cyclic amide) rings is 1. The lowest BCUT2D eigenvalue weighted by Gasteiger charge is -2.44. The van der Waals surface area contributed by atoms with Crippen LogP contribution in [0.4, 0.5) is 5.13 Å². The number of H-pyrrole nitrogens is 1. The minimum atomic E-state index is -5.00. The van der Waals surface area contributed by atoms with Gasteiger partial charge in [-0.25, -0.2) is 18.9 Å². The number of hydrogen-bond donors (Lipinski definition) is 5. The van der Waals surface area contributed by atoms with Crippen molar-refractivity contribution in [2.24, 2.45) is 5.16 Å². The zero-order valence-corrected chi connectivity index (χ0v) is 19.2. The third kappa shape index (κ3) is 4.92. The number of rotatable bonds is 9. The maximum Gasteiger partial charge on any atom is 0.362 e. The van der Waals surface area contributed by atoms with Gasteiger partial charge in [0.1, 0.15) is 11.7 Å². The number of thiazole rings is 1. The largest absolute Gasteiger partial charge is 0.478 e. The zero-order valence-electron chi connectivity index (χ0n) is 17.5. The van der Waals surface area contributed by atoms with Crippen molar-refractivity contribution in [2.75, 3.05) is 5.73 Å². The van der Waals surface area contributed by atoms with Crippen LogP contribution in [0.1, 0.15) is 19.5 Å². The number of aliphatic carboxylic acids is 1. The first-order valence-corrected chi connectivity index (χ1v) is 11.6. The van der Waals surface area contributed by atoms with E-state index in [-0.39, 0.29) is 15.1 Å². The number of imidazole rings is 1. The average Bonchev–Trinajstić information content (AvgIpc) is 3.32. The van der Waals surface area contributed by atoms with Gasteiger partial charge in [-0.15, -0.1) is 11.3 Å². The molecule has 6 N–H and O–H groups in total. The summed E-state index contributed by atoms with van der Waals surface area (Å²) in [6.45, 7) is 1.96. The number of oxime groups is 1. The van der Waals surface area contributed by atoms with Crippen LogP contribution in [-0.2, 0) is 36.1 Å². The first-order valence-electron chi connectivity index (χ1n) is 9.28. The molecule has 34 heavy (non-hydrogen) atoms. The van der Waals surface area contributed by atoms with E-state index in [4.69, 9.17) is 10.6 Å². The Morgan fingerprint density at radius 1 is 1.41 bits per heavy atom. The molecule has 0 aliphatic carbocycles. The second-order valence-corrected chi connectivity index (χ2v) is 9.64. The van der Waals surface area contributed by atoms with Crippen LogP contribution >= 0.6 is 11.3 Å². The highest BCUT2D eigenvalue weighted by Gasteiger charge is 2.54. The number of nitrogen functional groups attached to an aromatic ring is 1. The molecular formula is C16H19N7O9S2. The van der Waals surface area contributed by atoms with E-state index >= 15 is 0 Å². The summed E-state index contributed by atoms with van der Waals surface area (Å²) in [4.78, 5) is 59.7. The number of nitrogens with zero attached hydrogens (tertiary/aromatic N) is 4. The number of anilines is 1. The Kier molecular flexibility index (Phi) is 6.49. The molecule has 2 aromatic heterocycles. The van der Waals surface area contributed by atoms with Gasteiger partial charge in [-0.3, -0.25) is 18.7 Å². The monoisotopic (exact) mass is 517 g/mol. The minimum Gasteiger partial charge on any atom is -0.478 e. The second-order valence-electron chi connectivity index (χ2n) is 7.47. The molecule has 1 saturated heterocycles. The predicted molar refractivity (Wildman–Crippen MR) is 115 cm³/mol. The molecule has 2 amide bonds. The van der Waals surface area contributed by atoms with Gasteiger partial charge in [0.05, 0.1) is 12.6 Å². The fraction of sp³-hybridized carbons (Fsp3) is 0.375. The van der Waals surface area contributed by atoms with Crippen molar-refractivity contribution in [1.29, 1.82) is 0 Å². The maximum atomic E-state index is 13.0. The first-order chi connectivity index (χ1) is 15.7. The number of carbonyl (C=O) groups is 3. The average molecular weight is 518 g/mol. The highest BCUT2D eigenvalue weighted by atomic mass is 32.2. The summed E-state index contributed by atoms with van der Waals surface area (Å²) in [5.74, 6) is -3.64.